The minimum Gasteiger partial charge on any atom is -0.488 e. The molecule has 1 aromatic heterocycles. The predicted molar refractivity (Wildman–Crippen MR) is 132 cm³/mol. The Kier molecular flexibility index (Phi) is 8.99. The van der Waals surface area contributed by atoms with Crippen LogP contribution in [0, 0.1) is 0 Å². The lowest BCUT2D eigenvalue weighted by Gasteiger charge is -2.32. The van der Waals surface area contributed by atoms with Gasteiger partial charge in [0.15, 0.2) is 11.4 Å². The fourth-order valence-corrected chi connectivity index (χ4v) is 3.90. The average Bonchev–Trinajstić information content (AvgIpc) is 2.84. The van der Waals surface area contributed by atoms with Crippen LogP contribution in [0.3, 0.4) is 0 Å². The summed E-state index contributed by atoms with van der Waals surface area (Å²) in [5.41, 5.74) is 1.09. The summed E-state index contributed by atoms with van der Waals surface area (Å²) in [7, 11) is 0. The first-order valence-corrected chi connectivity index (χ1v) is 11.7. The van der Waals surface area contributed by atoms with E-state index in [2.05, 4.69) is 10.2 Å². The van der Waals surface area contributed by atoms with E-state index in [9.17, 15) is 14.7 Å². The number of amides is 1. The van der Waals surface area contributed by atoms with Crippen LogP contribution in [0.2, 0.25) is 0 Å². The molecule has 0 unspecified atom stereocenters. The zero-order valence-corrected chi connectivity index (χ0v) is 20.0. The molecule has 7 nitrogen and oxygen atoms in total. The molecule has 1 heterocycles. The van der Waals surface area contributed by atoms with E-state index in [4.69, 9.17) is 4.74 Å². The van der Waals surface area contributed by atoms with Crippen molar-refractivity contribution in [1.29, 1.82) is 0 Å². The van der Waals surface area contributed by atoms with Gasteiger partial charge in [-0.3, -0.25) is 14.7 Å². The molecule has 0 aliphatic rings. The van der Waals surface area contributed by atoms with Crippen molar-refractivity contribution >= 4 is 5.91 Å². The van der Waals surface area contributed by atoms with Gasteiger partial charge in [-0.2, -0.15) is 5.10 Å². The standard InChI is InChI=1S/C27H33N3O4/c1-4-5-16-34-23-17-28-29-25(26(23)32)27(33)30(19(2)3)18-22(31)24(20-12-8-6-9-13-20)21-14-10-7-11-15-21/h6-15,17,19,22,24,31H,4-5,16,18H2,1-3H3,(H,28,32)/t22-/m0/s1. The van der Waals surface area contributed by atoms with Crippen molar-refractivity contribution in [1.82, 2.24) is 15.1 Å². The number of ether oxygens (including phenoxy) is 1. The van der Waals surface area contributed by atoms with Crippen molar-refractivity contribution in [2.24, 2.45) is 0 Å². The normalized spacial score (nSPS) is 12.1. The molecule has 1 amide bonds. The number of carbonyl (C=O) groups is 1. The number of unbranched alkanes of at least 4 members (excludes halogenated alkanes) is 1. The molecule has 1 atom stereocenters. The van der Waals surface area contributed by atoms with Crippen molar-refractivity contribution in [3.8, 4) is 5.75 Å². The molecule has 0 aliphatic carbocycles. The minimum absolute atomic E-state index is 0.0347. The third kappa shape index (κ3) is 6.11. The van der Waals surface area contributed by atoms with E-state index in [1.807, 2.05) is 81.4 Å². The van der Waals surface area contributed by atoms with Crippen LogP contribution in [-0.2, 0) is 0 Å². The third-order valence-corrected chi connectivity index (χ3v) is 5.74. The van der Waals surface area contributed by atoms with Crippen LogP contribution < -0.4 is 10.2 Å². The Morgan fingerprint density at radius 3 is 2.18 bits per heavy atom. The van der Waals surface area contributed by atoms with E-state index in [0.29, 0.717) is 6.61 Å². The Labute approximate surface area is 200 Å². The highest BCUT2D eigenvalue weighted by Gasteiger charge is 2.30. The number of aliphatic hydroxyl groups is 1. The summed E-state index contributed by atoms with van der Waals surface area (Å²) in [6.45, 7) is 6.15. The molecule has 7 heteroatoms. The van der Waals surface area contributed by atoms with Gasteiger partial charge in [0.25, 0.3) is 11.3 Å². The number of aromatic amines is 1. The largest absolute Gasteiger partial charge is 0.488 e. The third-order valence-electron chi connectivity index (χ3n) is 5.74. The number of benzene rings is 2. The van der Waals surface area contributed by atoms with Gasteiger partial charge in [0, 0.05) is 18.5 Å². The highest BCUT2D eigenvalue weighted by Crippen LogP contribution is 2.29. The highest BCUT2D eigenvalue weighted by molar-refractivity contribution is 5.92. The molecule has 0 aliphatic heterocycles. The summed E-state index contributed by atoms with van der Waals surface area (Å²) in [6, 6.07) is 19.2. The number of carbonyl (C=O) groups excluding carboxylic acids is 1. The van der Waals surface area contributed by atoms with Crippen LogP contribution in [0.5, 0.6) is 5.75 Å². The number of aromatic nitrogens is 2. The van der Waals surface area contributed by atoms with Crippen LogP contribution in [0.1, 0.15) is 61.1 Å². The van der Waals surface area contributed by atoms with Crippen LogP contribution in [0.4, 0.5) is 0 Å². The van der Waals surface area contributed by atoms with Gasteiger partial charge >= 0.3 is 0 Å². The smallest absolute Gasteiger partial charge is 0.278 e. The molecular formula is C27H33N3O4. The van der Waals surface area contributed by atoms with Gasteiger partial charge in [-0.25, -0.2) is 0 Å². The van der Waals surface area contributed by atoms with Gasteiger partial charge in [-0.15, -0.1) is 0 Å². The SMILES string of the molecule is CCCCOc1c[nH]nc(C(=O)N(C[C@H](O)C(c2ccccc2)c2ccccc2)C(C)C)c1=O. The van der Waals surface area contributed by atoms with E-state index in [1.54, 1.807) is 0 Å². The number of nitrogens with zero attached hydrogens (tertiary/aromatic N) is 2. The maximum absolute atomic E-state index is 13.4. The summed E-state index contributed by atoms with van der Waals surface area (Å²) in [4.78, 5) is 27.8. The molecule has 2 aromatic carbocycles. The summed E-state index contributed by atoms with van der Waals surface area (Å²) >= 11 is 0. The Balaban J connectivity index is 1.88. The summed E-state index contributed by atoms with van der Waals surface area (Å²) in [5.74, 6) is -0.815. The van der Waals surface area contributed by atoms with Crippen molar-refractivity contribution in [3.63, 3.8) is 0 Å². The Morgan fingerprint density at radius 2 is 1.65 bits per heavy atom. The van der Waals surface area contributed by atoms with Gasteiger partial charge in [0.1, 0.15) is 0 Å². The molecule has 34 heavy (non-hydrogen) atoms. The molecule has 0 saturated heterocycles. The Morgan fingerprint density at radius 1 is 1.06 bits per heavy atom. The maximum atomic E-state index is 13.4. The molecular weight excluding hydrogens is 430 g/mol. The number of hydrogen-bond acceptors (Lipinski definition) is 5. The number of aliphatic hydroxyl groups excluding tert-OH is 1. The lowest BCUT2D eigenvalue weighted by atomic mass is 9.86. The van der Waals surface area contributed by atoms with Gasteiger partial charge in [-0.1, -0.05) is 74.0 Å². The molecule has 0 spiro atoms. The molecule has 0 bridgehead atoms. The van der Waals surface area contributed by atoms with E-state index < -0.39 is 17.4 Å². The van der Waals surface area contributed by atoms with Crippen molar-refractivity contribution < 1.29 is 14.6 Å². The fourth-order valence-electron chi connectivity index (χ4n) is 3.90. The van der Waals surface area contributed by atoms with E-state index in [-0.39, 0.29) is 29.9 Å². The predicted octanol–water partition coefficient (Wildman–Crippen LogP) is 3.99. The second kappa shape index (κ2) is 12.1. The molecule has 180 valence electrons. The Bertz CT molecular complexity index is 1060. The van der Waals surface area contributed by atoms with Crippen molar-refractivity contribution in [2.75, 3.05) is 13.2 Å². The summed E-state index contributed by atoms with van der Waals surface area (Å²) in [6.07, 6.45) is 2.19. The van der Waals surface area contributed by atoms with Crippen molar-refractivity contribution in [3.05, 3.63) is 93.9 Å². The van der Waals surface area contributed by atoms with Gasteiger partial charge in [0.2, 0.25) is 0 Å². The van der Waals surface area contributed by atoms with Gasteiger partial charge in [-0.05, 0) is 31.4 Å². The zero-order chi connectivity index (χ0) is 24.5. The van der Waals surface area contributed by atoms with Crippen LogP contribution in [0.25, 0.3) is 0 Å². The molecule has 0 saturated carbocycles. The second-order valence-corrected chi connectivity index (χ2v) is 8.55. The zero-order valence-electron chi connectivity index (χ0n) is 20.0. The van der Waals surface area contributed by atoms with E-state index in [0.717, 1.165) is 24.0 Å². The average molecular weight is 464 g/mol. The lowest BCUT2D eigenvalue weighted by molar-refractivity contribution is 0.0511. The molecule has 3 aromatic rings. The van der Waals surface area contributed by atoms with Crippen molar-refractivity contribution in [2.45, 2.75) is 51.7 Å². The fraction of sp³-hybridized carbons (Fsp3) is 0.370. The quantitative estimate of drug-likeness (QED) is 0.419. The van der Waals surface area contributed by atoms with Crippen LogP contribution >= 0.6 is 0 Å². The second-order valence-electron chi connectivity index (χ2n) is 8.55. The summed E-state index contributed by atoms with van der Waals surface area (Å²) < 4.78 is 5.54. The first kappa shape index (κ1) is 25.2. The number of hydrogen-bond donors (Lipinski definition) is 2. The highest BCUT2D eigenvalue weighted by atomic mass is 16.5. The maximum Gasteiger partial charge on any atom is 0.278 e. The van der Waals surface area contributed by atoms with Gasteiger partial charge in [0.05, 0.1) is 18.9 Å². The number of rotatable bonds is 11. The van der Waals surface area contributed by atoms with Crippen LogP contribution in [-0.4, -0.2) is 51.4 Å². The molecule has 0 radical (unpaired) electrons. The molecule has 2 N–H and O–H groups in total. The molecule has 0 fully saturated rings. The van der Waals surface area contributed by atoms with Crippen LogP contribution in [0.15, 0.2) is 71.7 Å². The minimum atomic E-state index is -0.904. The summed E-state index contributed by atoms with van der Waals surface area (Å²) in [5, 5.41) is 17.9. The number of H-pyrrole nitrogens is 1. The Hall–Kier alpha value is -3.45. The first-order chi connectivity index (χ1) is 16.4. The molecule has 3 rings (SSSR count). The van der Waals surface area contributed by atoms with E-state index in [1.165, 1.54) is 11.1 Å². The number of nitrogens with one attached hydrogen (secondary N) is 1. The van der Waals surface area contributed by atoms with Gasteiger partial charge < -0.3 is 14.7 Å². The lowest BCUT2D eigenvalue weighted by Crippen LogP contribution is -2.45. The monoisotopic (exact) mass is 463 g/mol. The topological polar surface area (TPSA) is 95.5 Å². The first-order valence-electron chi connectivity index (χ1n) is 11.7. The van der Waals surface area contributed by atoms with E-state index >= 15 is 0 Å².